The van der Waals surface area contributed by atoms with Gasteiger partial charge in [0.25, 0.3) is 0 Å². The smallest absolute Gasteiger partial charge is 0.433 e. The number of allylic oxidation sites excluding steroid dienone is 4. The van der Waals surface area contributed by atoms with E-state index in [0.29, 0.717) is 24.9 Å². The van der Waals surface area contributed by atoms with Crippen molar-refractivity contribution in [1.29, 1.82) is 0 Å². The van der Waals surface area contributed by atoms with Crippen molar-refractivity contribution in [3.05, 3.63) is 58.2 Å². The first kappa shape index (κ1) is 26.8. The van der Waals surface area contributed by atoms with E-state index in [4.69, 9.17) is 19.0 Å². The lowest BCUT2D eigenvalue weighted by Crippen LogP contribution is -2.54. The fourth-order valence-corrected chi connectivity index (χ4v) is 7.99. The maximum atomic E-state index is 12.3. The van der Waals surface area contributed by atoms with E-state index in [9.17, 15) is 9.59 Å². The van der Waals surface area contributed by atoms with Crippen LogP contribution in [0.2, 0.25) is 0 Å². The Labute approximate surface area is 225 Å². The first-order valence-electron chi connectivity index (χ1n) is 13.8. The predicted molar refractivity (Wildman–Crippen MR) is 144 cm³/mol. The minimum atomic E-state index is -0.814. The van der Waals surface area contributed by atoms with Crippen LogP contribution in [0.4, 0.5) is 4.79 Å². The number of ketones is 1. The van der Waals surface area contributed by atoms with Crippen molar-refractivity contribution in [3.63, 3.8) is 0 Å². The van der Waals surface area contributed by atoms with E-state index in [2.05, 4.69) is 24.2 Å². The molecule has 5 rings (SSSR count). The Morgan fingerprint density at radius 3 is 2.63 bits per heavy atom. The van der Waals surface area contributed by atoms with E-state index >= 15 is 0 Å². The summed E-state index contributed by atoms with van der Waals surface area (Å²) in [7, 11) is 3.62. The molecule has 0 radical (unpaired) electrons. The molecule has 7 nitrogen and oxygen atoms in total. The zero-order chi connectivity index (χ0) is 26.9. The summed E-state index contributed by atoms with van der Waals surface area (Å²) < 4.78 is 16.8. The highest BCUT2D eigenvalue weighted by molar-refractivity contribution is 5.93. The van der Waals surface area contributed by atoms with Crippen molar-refractivity contribution < 1.29 is 28.6 Å². The molecule has 0 saturated heterocycles. The molecule has 0 N–H and O–H groups in total. The SMILES string of the molecule is CCOC(=O)O/N=C/c1ccc(C2CC3(C)C(CC[C@]3(COC)OC)C3CCC4=CC(=O)CCC4=C23)cc1. The van der Waals surface area contributed by atoms with Gasteiger partial charge < -0.3 is 14.2 Å². The highest BCUT2D eigenvalue weighted by Crippen LogP contribution is 2.67. The molecule has 0 bridgehead atoms. The second kappa shape index (κ2) is 10.8. The molecule has 38 heavy (non-hydrogen) atoms. The minimum Gasteiger partial charge on any atom is -0.433 e. The van der Waals surface area contributed by atoms with Gasteiger partial charge in [0.1, 0.15) is 0 Å². The Morgan fingerprint density at radius 2 is 1.92 bits per heavy atom. The van der Waals surface area contributed by atoms with Crippen LogP contribution in [0.25, 0.3) is 0 Å². The average Bonchev–Trinajstić information content (AvgIpc) is 3.20. The maximum Gasteiger partial charge on any atom is 0.535 e. The Balaban J connectivity index is 1.52. The molecule has 2 saturated carbocycles. The number of benzene rings is 1. The number of ether oxygens (including phenoxy) is 3. The van der Waals surface area contributed by atoms with E-state index in [1.165, 1.54) is 22.9 Å². The zero-order valence-corrected chi connectivity index (χ0v) is 23.0. The monoisotopic (exact) mass is 521 g/mol. The van der Waals surface area contributed by atoms with Crippen LogP contribution in [-0.2, 0) is 23.8 Å². The fraction of sp³-hybridized carbons (Fsp3) is 0.581. The molecule has 0 aromatic heterocycles. The van der Waals surface area contributed by atoms with Crippen molar-refractivity contribution >= 4 is 18.2 Å². The molecule has 4 aliphatic rings. The first-order valence-corrected chi connectivity index (χ1v) is 13.8. The third-order valence-corrected chi connectivity index (χ3v) is 9.72. The van der Waals surface area contributed by atoms with E-state index in [1.807, 2.05) is 25.3 Å². The summed E-state index contributed by atoms with van der Waals surface area (Å²) in [5.74, 6) is 1.50. The lowest BCUT2D eigenvalue weighted by molar-refractivity contribution is -0.149. The molecule has 1 aromatic rings. The van der Waals surface area contributed by atoms with E-state index in [0.717, 1.165) is 44.1 Å². The highest BCUT2D eigenvalue weighted by atomic mass is 16.8. The topological polar surface area (TPSA) is 83.4 Å². The van der Waals surface area contributed by atoms with Crippen LogP contribution >= 0.6 is 0 Å². The van der Waals surface area contributed by atoms with Crippen LogP contribution in [-0.4, -0.2) is 51.2 Å². The summed E-state index contributed by atoms with van der Waals surface area (Å²) in [5.41, 5.74) is 6.00. The molecule has 0 heterocycles. The van der Waals surface area contributed by atoms with E-state index in [-0.39, 0.29) is 29.3 Å². The van der Waals surface area contributed by atoms with Gasteiger partial charge in [-0.1, -0.05) is 41.9 Å². The van der Waals surface area contributed by atoms with Crippen molar-refractivity contribution in [2.45, 2.75) is 70.3 Å². The van der Waals surface area contributed by atoms with Gasteiger partial charge in [-0.2, -0.15) is 0 Å². The Bertz CT molecular complexity index is 1170. The van der Waals surface area contributed by atoms with Gasteiger partial charge in [0.15, 0.2) is 5.78 Å². The summed E-state index contributed by atoms with van der Waals surface area (Å²) in [5, 5.41) is 3.76. The van der Waals surface area contributed by atoms with Crippen LogP contribution in [0.1, 0.15) is 75.8 Å². The molecule has 2 fully saturated rings. The normalized spacial score (nSPS) is 32.5. The van der Waals surface area contributed by atoms with Gasteiger partial charge in [-0.3, -0.25) is 9.63 Å². The van der Waals surface area contributed by atoms with Gasteiger partial charge in [-0.05, 0) is 85.6 Å². The average molecular weight is 522 g/mol. The van der Waals surface area contributed by atoms with Crippen LogP contribution < -0.4 is 0 Å². The molecular formula is C31H39NO6. The first-order chi connectivity index (χ1) is 18.4. The lowest BCUT2D eigenvalue weighted by Gasteiger charge is -2.55. The van der Waals surface area contributed by atoms with Gasteiger partial charge in [-0.15, -0.1) is 0 Å². The molecule has 1 aromatic carbocycles. The number of hydrogen-bond acceptors (Lipinski definition) is 7. The minimum absolute atomic E-state index is 0.0313. The summed E-state index contributed by atoms with van der Waals surface area (Å²) in [4.78, 5) is 28.4. The Morgan fingerprint density at radius 1 is 1.13 bits per heavy atom. The highest BCUT2D eigenvalue weighted by Gasteiger charge is 2.63. The summed E-state index contributed by atoms with van der Waals surface area (Å²) in [6.07, 6.45) is 9.24. The maximum absolute atomic E-state index is 12.3. The van der Waals surface area contributed by atoms with Crippen LogP contribution in [0.5, 0.6) is 0 Å². The second-order valence-electron chi connectivity index (χ2n) is 11.3. The van der Waals surface area contributed by atoms with Crippen molar-refractivity contribution in [1.82, 2.24) is 0 Å². The number of methoxy groups -OCH3 is 2. The van der Waals surface area contributed by atoms with Crippen LogP contribution in [0, 0.1) is 17.3 Å². The number of oxime groups is 1. The largest absolute Gasteiger partial charge is 0.535 e. The van der Waals surface area contributed by atoms with Crippen molar-refractivity contribution in [3.8, 4) is 0 Å². The van der Waals surface area contributed by atoms with E-state index < -0.39 is 6.16 Å². The van der Waals surface area contributed by atoms with Crippen LogP contribution in [0.15, 0.2) is 52.2 Å². The van der Waals surface area contributed by atoms with Crippen molar-refractivity contribution in [2.24, 2.45) is 22.4 Å². The number of fused-ring (bicyclic) bond motifs is 4. The molecular weight excluding hydrogens is 482 g/mol. The third kappa shape index (κ3) is 4.54. The van der Waals surface area contributed by atoms with Gasteiger partial charge >= 0.3 is 6.16 Å². The van der Waals surface area contributed by atoms with Gasteiger partial charge in [0.05, 0.1) is 25.0 Å². The van der Waals surface area contributed by atoms with Gasteiger partial charge in [-0.25, -0.2) is 4.79 Å². The molecule has 0 aliphatic heterocycles. The standard InChI is InChI=1S/C31H39NO6/c1-5-37-29(34)38-32-18-20-6-8-21(9-7-20)26-17-30(2)27(14-15-31(30,36-4)19-35-3)25-12-10-22-16-23(33)11-13-24(22)28(25)26/h6-9,16,18,25-27H,5,10-15,17,19H2,1-4H3/b32-18+/t25?,26?,27?,30?,31-/m1/s1. The van der Waals surface area contributed by atoms with E-state index in [1.54, 1.807) is 19.6 Å². The second-order valence-corrected chi connectivity index (χ2v) is 11.3. The number of carbonyl (C=O) groups excluding carboxylic acids is 2. The summed E-state index contributed by atoms with van der Waals surface area (Å²) >= 11 is 0. The Kier molecular flexibility index (Phi) is 7.60. The molecule has 204 valence electrons. The summed E-state index contributed by atoms with van der Waals surface area (Å²) in [6.45, 7) is 4.97. The molecule has 4 aliphatic carbocycles. The zero-order valence-electron chi connectivity index (χ0n) is 23.0. The number of carbonyl (C=O) groups is 2. The third-order valence-electron chi connectivity index (χ3n) is 9.72. The Hall–Kier alpha value is -2.77. The molecule has 0 amide bonds. The molecule has 4 unspecified atom stereocenters. The lowest BCUT2D eigenvalue weighted by atomic mass is 9.51. The molecule has 7 heteroatoms. The molecule has 5 atom stereocenters. The fourth-order valence-electron chi connectivity index (χ4n) is 7.99. The van der Waals surface area contributed by atoms with Crippen molar-refractivity contribution in [2.75, 3.05) is 27.4 Å². The number of hydrogen-bond donors (Lipinski definition) is 0. The summed E-state index contributed by atoms with van der Waals surface area (Å²) in [6, 6.07) is 8.35. The predicted octanol–water partition coefficient (Wildman–Crippen LogP) is 6.12. The van der Waals surface area contributed by atoms with Gasteiger partial charge in [0, 0.05) is 32.0 Å². The number of rotatable bonds is 7. The van der Waals surface area contributed by atoms with Gasteiger partial charge in [0.2, 0.25) is 0 Å². The quantitative estimate of drug-likeness (QED) is 0.186. The molecule has 0 spiro atoms. The number of nitrogens with zero attached hydrogens (tertiary/aromatic N) is 1. The van der Waals surface area contributed by atoms with Crippen LogP contribution in [0.3, 0.4) is 0 Å².